The van der Waals surface area contributed by atoms with E-state index in [0.717, 1.165) is 31.7 Å². The van der Waals surface area contributed by atoms with Crippen LogP contribution in [-0.4, -0.2) is 43.2 Å². The summed E-state index contributed by atoms with van der Waals surface area (Å²) in [6, 6.07) is 3.57. The molecule has 0 aromatic carbocycles. The normalized spacial score (nSPS) is 23.1. The molecule has 3 atom stereocenters. The summed E-state index contributed by atoms with van der Waals surface area (Å²) in [5, 5.41) is 16.4. The van der Waals surface area contributed by atoms with Crippen molar-refractivity contribution >= 4 is 11.9 Å². The van der Waals surface area contributed by atoms with Gasteiger partial charge in [0.2, 0.25) is 11.9 Å². The van der Waals surface area contributed by atoms with E-state index in [2.05, 4.69) is 30.6 Å². The molecule has 2 aliphatic rings. The summed E-state index contributed by atoms with van der Waals surface area (Å²) in [6.07, 6.45) is -0.472. The maximum atomic E-state index is 13.1. The Morgan fingerprint density at radius 1 is 1.03 bits per heavy atom. The minimum absolute atomic E-state index is 0.0133. The van der Waals surface area contributed by atoms with Gasteiger partial charge in [-0.15, -0.1) is 0 Å². The van der Waals surface area contributed by atoms with E-state index < -0.39 is 18.0 Å². The third-order valence-electron chi connectivity index (χ3n) is 5.38. The van der Waals surface area contributed by atoms with Gasteiger partial charge in [-0.2, -0.15) is 28.1 Å². The molecule has 0 amide bonds. The smallest absolute Gasteiger partial charge is 0.391 e. The topological polar surface area (TPSA) is 95.9 Å². The van der Waals surface area contributed by atoms with E-state index in [1.165, 1.54) is 12.1 Å². The fraction of sp³-hybridized carbons (Fsp3) is 0.579. The molecule has 2 aromatic heterocycles. The number of aromatic nitrogens is 4. The van der Waals surface area contributed by atoms with Gasteiger partial charge < -0.3 is 15.7 Å². The van der Waals surface area contributed by atoms with Gasteiger partial charge in [-0.3, -0.25) is 0 Å². The van der Waals surface area contributed by atoms with Crippen LogP contribution in [0.3, 0.4) is 0 Å². The van der Waals surface area contributed by atoms with Gasteiger partial charge in [0.25, 0.3) is 0 Å². The number of aliphatic hydroxyl groups excluding tert-OH is 1. The lowest BCUT2D eigenvalue weighted by Gasteiger charge is -2.18. The van der Waals surface area contributed by atoms with Crippen molar-refractivity contribution in [2.45, 2.75) is 63.4 Å². The first-order valence-corrected chi connectivity index (χ1v) is 9.81. The number of halogens is 3. The van der Waals surface area contributed by atoms with Crippen molar-refractivity contribution in [3.63, 3.8) is 0 Å². The minimum atomic E-state index is -4.56. The highest BCUT2D eigenvalue weighted by molar-refractivity contribution is 5.54. The van der Waals surface area contributed by atoms with E-state index in [-0.39, 0.29) is 35.5 Å². The third kappa shape index (κ3) is 4.75. The molecular formula is C19H23F3N6O. The number of nitrogens with zero attached hydrogens (tertiary/aromatic N) is 4. The zero-order valence-corrected chi connectivity index (χ0v) is 15.9. The molecule has 3 N–H and O–H groups in total. The predicted octanol–water partition coefficient (Wildman–Crippen LogP) is 3.49. The molecule has 0 bridgehead atoms. The zero-order valence-electron chi connectivity index (χ0n) is 15.9. The van der Waals surface area contributed by atoms with Crippen LogP contribution in [0.2, 0.25) is 0 Å². The quantitative estimate of drug-likeness (QED) is 0.673. The van der Waals surface area contributed by atoms with E-state index in [4.69, 9.17) is 0 Å². The number of rotatable bonds is 6. The fourth-order valence-electron chi connectivity index (χ4n) is 3.53. The van der Waals surface area contributed by atoms with E-state index in [1.54, 1.807) is 0 Å². The molecule has 2 saturated carbocycles. The van der Waals surface area contributed by atoms with E-state index in [9.17, 15) is 18.3 Å². The molecule has 7 nitrogen and oxygen atoms in total. The van der Waals surface area contributed by atoms with Crippen LogP contribution >= 0.6 is 0 Å². The van der Waals surface area contributed by atoms with E-state index in [0.29, 0.717) is 12.3 Å². The van der Waals surface area contributed by atoms with Gasteiger partial charge in [0.1, 0.15) is 11.4 Å². The lowest BCUT2D eigenvalue weighted by atomic mass is 10.2. The average molecular weight is 408 g/mol. The first kappa shape index (κ1) is 19.8. The zero-order chi connectivity index (χ0) is 20.6. The lowest BCUT2D eigenvalue weighted by molar-refractivity contribution is -0.141. The Morgan fingerprint density at radius 2 is 1.79 bits per heavy atom. The van der Waals surface area contributed by atoms with Crippen molar-refractivity contribution in [2.24, 2.45) is 5.92 Å². The molecule has 156 valence electrons. The number of pyridine rings is 1. The van der Waals surface area contributed by atoms with Gasteiger partial charge in [0.15, 0.2) is 5.82 Å². The Morgan fingerprint density at radius 3 is 2.45 bits per heavy atom. The van der Waals surface area contributed by atoms with Crippen LogP contribution in [0.4, 0.5) is 25.1 Å². The van der Waals surface area contributed by atoms with Crippen LogP contribution in [0.15, 0.2) is 18.2 Å². The van der Waals surface area contributed by atoms with Crippen molar-refractivity contribution in [1.82, 2.24) is 19.9 Å². The van der Waals surface area contributed by atoms with Gasteiger partial charge >= 0.3 is 6.18 Å². The standard InChI is InChI=1S/C19H23F3N6O/c1-10(11-8-9-11)23-17-26-16(13-5-3-7-15(24-13)19(20,21)22)27-18(28-17)25-12-4-2-6-14(12)29/h3,5,7,10-12,14,29H,2,4,6,8-9H2,1H3,(H2,23,25,26,27,28)/t10-,12+,14-/m1/s1. The summed E-state index contributed by atoms with van der Waals surface area (Å²) >= 11 is 0. The number of hydrogen-bond acceptors (Lipinski definition) is 7. The van der Waals surface area contributed by atoms with Crippen LogP contribution in [0.5, 0.6) is 0 Å². The molecule has 0 radical (unpaired) electrons. The average Bonchev–Trinajstić information content (AvgIpc) is 3.45. The van der Waals surface area contributed by atoms with Crippen molar-refractivity contribution in [1.29, 1.82) is 0 Å². The van der Waals surface area contributed by atoms with Crippen LogP contribution in [0.1, 0.15) is 44.7 Å². The second-order valence-corrected chi connectivity index (χ2v) is 7.73. The van der Waals surface area contributed by atoms with E-state index >= 15 is 0 Å². The monoisotopic (exact) mass is 408 g/mol. The third-order valence-corrected chi connectivity index (χ3v) is 5.38. The van der Waals surface area contributed by atoms with Gasteiger partial charge in [-0.25, -0.2) is 4.98 Å². The van der Waals surface area contributed by atoms with Crippen molar-refractivity contribution < 1.29 is 18.3 Å². The maximum absolute atomic E-state index is 13.1. The molecule has 10 heteroatoms. The minimum Gasteiger partial charge on any atom is -0.391 e. The first-order chi connectivity index (χ1) is 13.8. The molecule has 0 saturated heterocycles. The Kier molecular flexibility index (Phi) is 5.28. The van der Waals surface area contributed by atoms with E-state index in [1.807, 2.05) is 6.92 Å². The number of alkyl halides is 3. The predicted molar refractivity (Wildman–Crippen MR) is 101 cm³/mol. The second kappa shape index (κ2) is 7.74. The summed E-state index contributed by atoms with van der Waals surface area (Å²) in [6.45, 7) is 2.03. The van der Waals surface area contributed by atoms with Gasteiger partial charge in [-0.1, -0.05) is 6.07 Å². The second-order valence-electron chi connectivity index (χ2n) is 7.73. The Bertz CT molecular complexity index is 873. The molecule has 0 spiro atoms. The van der Waals surface area contributed by atoms with Crippen LogP contribution in [0.25, 0.3) is 11.5 Å². The SMILES string of the molecule is C[C@@H](Nc1nc(N[C@H]2CCC[C@H]2O)nc(-c2cccc(C(F)(F)F)n2)n1)C1CC1. The maximum Gasteiger partial charge on any atom is 0.433 e. The molecule has 2 aliphatic carbocycles. The molecule has 0 unspecified atom stereocenters. The molecule has 29 heavy (non-hydrogen) atoms. The molecular weight excluding hydrogens is 385 g/mol. The highest BCUT2D eigenvalue weighted by Gasteiger charge is 2.33. The van der Waals surface area contributed by atoms with Gasteiger partial charge in [-0.05, 0) is 57.1 Å². The molecule has 2 heterocycles. The Balaban J connectivity index is 1.67. The van der Waals surface area contributed by atoms with Gasteiger partial charge in [0.05, 0.1) is 12.1 Å². The molecule has 4 rings (SSSR count). The summed E-state index contributed by atoms with van der Waals surface area (Å²) < 4.78 is 39.2. The highest BCUT2D eigenvalue weighted by Crippen LogP contribution is 2.34. The number of aliphatic hydroxyl groups is 1. The highest BCUT2D eigenvalue weighted by atomic mass is 19.4. The summed E-state index contributed by atoms with van der Waals surface area (Å²) in [5.41, 5.74) is -0.989. The summed E-state index contributed by atoms with van der Waals surface area (Å²) in [7, 11) is 0. The van der Waals surface area contributed by atoms with Crippen molar-refractivity contribution in [2.75, 3.05) is 10.6 Å². The Hall–Kier alpha value is -2.49. The summed E-state index contributed by atoms with van der Waals surface area (Å²) in [5.74, 6) is 1.08. The van der Waals surface area contributed by atoms with Crippen LogP contribution in [0, 0.1) is 5.92 Å². The van der Waals surface area contributed by atoms with Crippen molar-refractivity contribution in [3.05, 3.63) is 23.9 Å². The van der Waals surface area contributed by atoms with Crippen LogP contribution in [-0.2, 0) is 6.18 Å². The van der Waals surface area contributed by atoms with Gasteiger partial charge in [0, 0.05) is 6.04 Å². The fourth-order valence-corrected chi connectivity index (χ4v) is 3.53. The van der Waals surface area contributed by atoms with Crippen molar-refractivity contribution in [3.8, 4) is 11.5 Å². The molecule has 0 aliphatic heterocycles. The van der Waals surface area contributed by atoms with Crippen LogP contribution < -0.4 is 10.6 Å². The lowest BCUT2D eigenvalue weighted by Crippen LogP contribution is -2.29. The summed E-state index contributed by atoms with van der Waals surface area (Å²) in [4.78, 5) is 16.6. The number of nitrogens with one attached hydrogen (secondary N) is 2. The Labute approximate surface area is 166 Å². The number of hydrogen-bond donors (Lipinski definition) is 3. The molecule has 2 aromatic rings. The number of anilines is 2. The first-order valence-electron chi connectivity index (χ1n) is 9.81. The largest absolute Gasteiger partial charge is 0.433 e. The molecule has 2 fully saturated rings.